The van der Waals surface area contributed by atoms with E-state index >= 15 is 0 Å². The fourth-order valence-electron chi connectivity index (χ4n) is 1.75. The van der Waals surface area contributed by atoms with Crippen molar-refractivity contribution in [1.82, 2.24) is 25.5 Å². The van der Waals surface area contributed by atoms with Crippen LogP contribution in [-0.2, 0) is 7.05 Å². The molecule has 0 fully saturated rings. The molecule has 0 saturated carbocycles. The summed E-state index contributed by atoms with van der Waals surface area (Å²) in [5, 5.41) is 17.9. The molecule has 2 aromatic rings. The fraction of sp³-hybridized carbons (Fsp3) is 0.385. The van der Waals surface area contributed by atoms with Crippen LogP contribution < -0.4 is 15.4 Å². The van der Waals surface area contributed by atoms with Gasteiger partial charge >= 0.3 is 6.03 Å². The van der Waals surface area contributed by atoms with E-state index in [1.165, 1.54) is 18.9 Å². The first-order valence-corrected chi connectivity index (χ1v) is 8.11. The summed E-state index contributed by atoms with van der Waals surface area (Å²) in [5.41, 5.74) is 1.42. The van der Waals surface area contributed by atoms with Crippen LogP contribution in [0.25, 0.3) is 0 Å². The number of tetrazole rings is 1. The van der Waals surface area contributed by atoms with E-state index in [4.69, 9.17) is 16.3 Å². The molecular weight excluding hydrogens is 340 g/mol. The van der Waals surface area contributed by atoms with Gasteiger partial charge in [-0.15, -0.1) is 5.10 Å². The first-order chi connectivity index (χ1) is 11.0. The Morgan fingerprint density at radius 2 is 2.26 bits per heavy atom. The number of amides is 2. The average Bonchev–Trinajstić information content (AvgIpc) is 2.92. The van der Waals surface area contributed by atoms with E-state index in [9.17, 15) is 4.79 Å². The predicted molar refractivity (Wildman–Crippen MR) is 89.3 cm³/mol. The third kappa shape index (κ3) is 4.73. The van der Waals surface area contributed by atoms with Crippen molar-refractivity contribution in [3.05, 3.63) is 22.7 Å². The highest BCUT2D eigenvalue weighted by molar-refractivity contribution is 7.99. The van der Waals surface area contributed by atoms with E-state index in [1.54, 1.807) is 23.9 Å². The van der Waals surface area contributed by atoms with E-state index in [-0.39, 0.29) is 6.03 Å². The second kappa shape index (κ2) is 8.02. The molecule has 0 atom stereocenters. The van der Waals surface area contributed by atoms with E-state index < -0.39 is 0 Å². The van der Waals surface area contributed by atoms with Crippen molar-refractivity contribution in [3.8, 4) is 5.75 Å². The van der Waals surface area contributed by atoms with Gasteiger partial charge in [-0.25, -0.2) is 9.48 Å². The third-order valence-corrected chi connectivity index (χ3v) is 4.35. The normalized spacial score (nSPS) is 10.4. The van der Waals surface area contributed by atoms with E-state index in [2.05, 4.69) is 26.2 Å². The number of aryl methyl sites for hydroxylation is 2. The number of hydrogen-bond donors (Lipinski definition) is 2. The van der Waals surface area contributed by atoms with Crippen molar-refractivity contribution in [1.29, 1.82) is 0 Å². The number of rotatable bonds is 6. The van der Waals surface area contributed by atoms with Crippen LogP contribution in [0.15, 0.2) is 17.3 Å². The molecule has 23 heavy (non-hydrogen) atoms. The molecule has 0 radical (unpaired) electrons. The zero-order valence-corrected chi connectivity index (χ0v) is 14.5. The Morgan fingerprint density at radius 1 is 1.48 bits per heavy atom. The highest BCUT2D eigenvalue weighted by Crippen LogP contribution is 2.30. The highest BCUT2D eigenvalue weighted by atomic mass is 35.5. The molecular formula is C13H17ClN6O2S. The lowest BCUT2D eigenvalue weighted by molar-refractivity contribution is 0.252. The lowest BCUT2D eigenvalue weighted by Crippen LogP contribution is -2.30. The topological polar surface area (TPSA) is 94.0 Å². The maximum atomic E-state index is 11.9. The first-order valence-electron chi connectivity index (χ1n) is 6.75. The number of hydrogen-bond acceptors (Lipinski definition) is 6. The molecule has 0 unspecified atom stereocenters. The number of carbonyl (C=O) groups excluding carboxylic acids is 1. The Labute approximate surface area is 142 Å². The smallest absolute Gasteiger partial charge is 0.319 e. The number of nitrogens with one attached hydrogen (secondary N) is 2. The number of methoxy groups -OCH3 is 1. The average molecular weight is 357 g/mol. The molecule has 2 amide bonds. The van der Waals surface area contributed by atoms with Gasteiger partial charge in [0.2, 0.25) is 5.16 Å². The number of anilines is 1. The van der Waals surface area contributed by atoms with Crippen LogP contribution in [0.5, 0.6) is 5.75 Å². The summed E-state index contributed by atoms with van der Waals surface area (Å²) in [4.78, 5) is 11.9. The van der Waals surface area contributed by atoms with Crippen molar-refractivity contribution in [2.24, 2.45) is 7.05 Å². The van der Waals surface area contributed by atoms with Gasteiger partial charge in [-0.05, 0) is 29.0 Å². The minimum absolute atomic E-state index is 0.318. The summed E-state index contributed by atoms with van der Waals surface area (Å²) in [7, 11) is 3.28. The largest absolute Gasteiger partial charge is 0.495 e. The van der Waals surface area contributed by atoms with Gasteiger partial charge in [0, 0.05) is 30.4 Å². The summed E-state index contributed by atoms with van der Waals surface area (Å²) in [6.45, 7) is 2.33. The Hall–Kier alpha value is -2.00. The van der Waals surface area contributed by atoms with Gasteiger partial charge in [0.1, 0.15) is 5.75 Å². The van der Waals surface area contributed by atoms with Gasteiger partial charge in [0.05, 0.1) is 12.8 Å². The van der Waals surface area contributed by atoms with Crippen LogP contribution in [0, 0.1) is 6.92 Å². The molecule has 0 aliphatic carbocycles. The minimum Gasteiger partial charge on any atom is -0.495 e. The van der Waals surface area contributed by atoms with E-state index in [0.29, 0.717) is 33.9 Å². The van der Waals surface area contributed by atoms with Crippen molar-refractivity contribution in [2.75, 3.05) is 24.7 Å². The molecule has 1 heterocycles. The Bertz CT molecular complexity index is 693. The van der Waals surface area contributed by atoms with Crippen LogP contribution in [0.4, 0.5) is 10.5 Å². The number of halogens is 1. The first kappa shape index (κ1) is 17.4. The van der Waals surface area contributed by atoms with Gasteiger partial charge < -0.3 is 15.4 Å². The molecule has 124 valence electrons. The van der Waals surface area contributed by atoms with Crippen LogP contribution in [0.2, 0.25) is 5.02 Å². The monoisotopic (exact) mass is 356 g/mol. The SMILES string of the molecule is COc1cc(Cl)c(C)cc1NC(=O)NCCSc1nnnn1C. The third-order valence-electron chi connectivity index (χ3n) is 2.93. The van der Waals surface area contributed by atoms with Gasteiger partial charge in [0.15, 0.2) is 0 Å². The van der Waals surface area contributed by atoms with Crippen LogP contribution in [0.3, 0.4) is 0 Å². The van der Waals surface area contributed by atoms with Gasteiger partial charge in [-0.1, -0.05) is 23.4 Å². The Kier molecular flexibility index (Phi) is 6.05. The van der Waals surface area contributed by atoms with Crippen LogP contribution >= 0.6 is 23.4 Å². The second-order valence-electron chi connectivity index (χ2n) is 4.62. The summed E-state index contributed by atoms with van der Waals surface area (Å²) in [5.74, 6) is 1.16. The molecule has 8 nitrogen and oxygen atoms in total. The molecule has 2 N–H and O–H groups in total. The number of thioether (sulfide) groups is 1. The second-order valence-corrected chi connectivity index (χ2v) is 6.09. The van der Waals surface area contributed by atoms with Gasteiger partial charge in [-0.3, -0.25) is 0 Å². The zero-order chi connectivity index (χ0) is 16.8. The number of nitrogens with zero attached hydrogens (tertiary/aromatic N) is 4. The maximum absolute atomic E-state index is 11.9. The number of ether oxygens (including phenoxy) is 1. The van der Waals surface area contributed by atoms with Crippen LogP contribution in [-0.4, -0.2) is 45.6 Å². The van der Waals surface area contributed by atoms with Crippen molar-refractivity contribution >= 4 is 35.1 Å². The van der Waals surface area contributed by atoms with Crippen molar-refractivity contribution < 1.29 is 9.53 Å². The standard InChI is InChI=1S/C13H17ClN6O2S/c1-8-6-10(11(22-3)7-9(8)14)16-12(21)15-4-5-23-13-17-18-19-20(13)2/h6-7H,4-5H2,1-3H3,(H2,15,16,21). The quantitative estimate of drug-likeness (QED) is 0.608. The number of carbonyl (C=O) groups is 1. The number of aromatic nitrogens is 4. The molecule has 0 spiro atoms. The molecule has 10 heteroatoms. The number of benzene rings is 1. The maximum Gasteiger partial charge on any atom is 0.319 e. The minimum atomic E-state index is -0.318. The van der Waals surface area contributed by atoms with Crippen LogP contribution in [0.1, 0.15) is 5.56 Å². The van der Waals surface area contributed by atoms with E-state index in [0.717, 1.165) is 5.56 Å². The summed E-state index contributed by atoms with van der Waals surface area (Å²) >= 11 is 7.49. The number of urea groups is 1. The summed E-state index contributed by atoms with van der Waals surface area (Å²) in [6, 6.07) is 3.12. The van der Waals surface area contributed by atoms with E-state index in [1.807, 2.05) is 6.92 Å². The highest BCUT2D eigenvalue weighted by Gasteiger charge is 2.10. The predicted octanol–water partition coefficient (Wildman–Crippen LogP) is 2.09. The fourth-order valence-corrected chi connectivity index (χ4v) is 2.60. The molecule has 0 saturated heterocycles. The van der Waals surface area contributed by atoms with Crippen molar-refractivity contribution in [3.63, 3.8) is 0 Å². The molecule has 2 rings (SSSR count). The lowest BCUT2D eigenvalue weighted by atomic mass is 10.2. The molecule has 1 aromatic carbocycles. The molecule has 0 aliphatic rings. The van der Waals surface area contributed by atoms with Gasteiger partial charge in [-0.2, -0.15) is 0 Å². The van der Waals surface area contributed by atoms with Gasteiger partial charge in [0.25, 0.3) is 0 Å². The Balaban J connectivity index is 1.83. The lowest BCUT2D eigenvalue weighted by Gasteiger charge is -2.12. The molecule has 0 bridgehead atoms. The zero-order valence-electron chi connectivity index (χ0n) is 13.0. The Morgan fingerprint density at radius 3 is 2.91 bits per heavy atom. The summed E-state index contributed by atoms with van der Waals surface area (Å²) < 4.78 is 6.79. The summed E-state index contributed by atoms with van der Waals surface area (Å²) in [6.07, 6.45) is 0. The molecule has 1 aromatic heterocycles. The molecule has 0 aliphatic heterocycles. The van der Waals surface area contributed by atoms with Crippen molar-refractivity contribution in [2.45, 2.75) is 12.1 Å².